The van der Waals surface area contributed by atoms with Gasteiger partial charge in [-0.15, -0.1) is 0 Å². The van der Waals surface area contributed by atoms with Crippen LogP contribution in [-0.4, -0.2) is 38.1 Å². The van der Waals surface area contributed by atoms with Gasteiger partial charge in [0.25, 0.3) is 0 Å². The summed E-state index contributed by atoms with van der Waals surface area (Å²) in [6.07, 6.45) is 1.06. The number of hydrogen-bond donors (Lipinski definition) is 2. The molecule has 0 saturated carbocycles. The lowest BCUT2D eigenvalue weighted by Gasteiger charge is -2.18. The van der Waals surface area contributed by atoms with Crippen LogP contribution in [0.1, 0.15) is 18.9 Å². The molecule has 0 aliphatic carbocycles. The molecule has 0 saturated heterocycles. The fraction of sp³-hybridized carbons (Fsp3) is 0.467. The van der Waals surface area contributed by atoms with Crippen molar-refractivity contribution in [3.05, 3.63) is 35.9 Å². The van der Waals surface area contributed by atoms with Crippen LogP contribution in [0.15, 0.2) is 30.3 Å². The first kappa shape index (κ1) is 16.2. The molecule has 0 bridgehead atoms. The quantitative estimate of drug-likeness (QED) is 0.547. The van der Waals surface area contributed by atoms with Crippen LogP contribution in [0.5, 0.6) is 0 Å². The van der Waals surface area contributed by atoms with Gasteiger partial charge in [-0.2, -0.15) is 0 Å². The highest BCUT2D eigenvalue weighted by molar-refractivity contribution is 5.72. The Kier molecular flexibility index (Phi) is 7.35. The van der Waals surface area contributed by atoms with Crippen LogP contribution in [0.25, 0.3) is 0 Å². The molecule has 5 heteroatoms. The Hall–Kier alpha value is -1.88. The van der Waals surface area contributed by atoms with Gasteiger partial charge in [0.2, 0.25) is 5.91 Å². The lowest BCUT2D eigenvalue weighted by atomic mass is 10.0. The lowest BCUT2D eigenvalue weighted by molar-refractivity contribution is -0.141. The minimum absolute atomic E-state index is 0.00129. The van der Waals surface area contributed by atoms with Crippen LogP contribution < -0.4 is 10.6 Å². The largest absolute Gasteiger partial charge is 0.469 e. The third-order valence-corrected chi connectivity index (χ3v) is 2.90. The van der Waals surface area contributed by atoms with Crippen LogP contribution in [-0.2, 0) is 20.7 Å². The summed E-state index contributed by atoms with van der Waals surface area (Å²) in [5.41, 5.74) is 1.16. The smallest absolute Gasteiger partial charge is 0.307 e. The standard InChI is InChI=1S/C15H22N2O3/c1-12(18)16-8-9-17-14(11-15(19)20-2)10-13-6-4-3-5-7-13/h3-7,14,17H,8-11H2,1-2H3,(H,16,18). The number of amides is 1. The average Bonchev–Trinajstić information content (AvgIpc) is 2.44. The fourth-order valence-electron chi connectivity index (χ4n) is 1.91. The number of rotatable bonds is 8. The van der Waals surface area contributed by atoms with E-state index in [2.05, 4.69) is 10.6 Å². The van der Waals surface area contributed by atoms with Crippen LogP contribution in [0.3, 0.4) is 0 Å². The summed E-state index contributed by atoms with van der Waals surface area (Å²) in [5, 5.41) is 5.99. The maximum absolute atomic E-state index is 11.4. The zero-order chi connectivity index (χ0) is 14.8. The summed E-state index contributed by atoms with van der Waals surface area (Å²) in [5.74, 6) is -0.294. The topological polar surface area (TPSA) is 67.4 Å². The van der Waals surface area contributed by atoms with Crippen molar-refractivity contribution in [1.29, 1.82) is 0 Å². The van der Waals surface area contributed by atoms with Gasteiger partial charge in [0.05, 0.1) is 13.5 Å². The second kappa shape index (κ2) is 9.09. The van der Waals surface area contributed by atoms with Crippen molar-refractivity contribution in [3.63, 3.8) is 0 Å². The van der Waals surface area contributed by atoms with E-state index < -0.39 is 0 Å². The number of methoxy groups -OCH3 is 1. The zero-order valence-corrected chi connectivity index (χ0v) is 12.0. The highest BCUT2D eigenvalue weighted by Gasteiger charge is 2.14. The first-order valence-electron chi connectivity index (χ1n) is 6.70. The van der Waals surface area contributed by atoms with Crippen LogP contribution in [0.2, 0.25) is 0 Å². The predicted molar refractivity (Wildman–Crippen MR) is 77.3 cm³/mol. The summed E-state index contributed by atoms with van der Waals surface area (Å²) in [6.45, 7) is 2.64. The van der Waals surface area contributed by atoms with Crippen molar-refractivity contribution in [2.75, 3.05) is 20.2 Å². The maximum Gasteiger partial charge on any atom is 0.307 e. The summed E-state index contributed by atoms with van der Waals surface area (Å²) in [7, 11) is 1.39. The van der Waals surface area contributed by atoms with Gasteiger partial charge in [0, 0.05) is 26.1 Å². The minimum Gasteiger partial charge on any atom is -0.469 e. The molecule has 1 unspecified atom stereocenters. The van der Waals surface area contributed by atoms with Crippen molar-refractivity contribution in [2.24, 2.45) is 0 Å². The maximum atomic E-state index is 11.4. The average molecular weight is 278 g/mol. The zero-order valence-electron chi connectivity index (χ0n) is 12.0. The molecule has 0 aliphatic rings. The number of benzene rings is 1. The molecular weight excluding hydrogens is 256 g/mol. The van der Waals surface area contributed by atoms with Gasteiger partial charge >= 0.3 is 5.97 Å². The molecule has 0 radical (unpaired) electrons. The Balaban J connectivity index is 2.47. The molecule has 20 heavy (non-hydrogen) atoms. The van der Waals surface area contributed by atoms with E-state index in [4.69, 9.17) is 4.74 Å². The van der Waals surface area contributed by atoms with Crippen LogP contribution in [0, 0.1) is 0 Å². The number of carbonyl (C=O) groups excluding carboxylic acids is 2. The third-order valence-electron chi connectivity index (χ3n) is 2.90. The van der Waals surface area contributed by atoms with E-state index in [9.17, 15) is 9.59 Å². The Morgan fingerprint density at radius 1 is 1.20 bits per heavy atom. The number of carbonyl (C=O) groups is 2. The first-order chi connectivity index (χ1) is 9.61. The minimum atomic E-state index is -0.238. The predicted octanol–water partition coefficient (Wildman–Crippen LogP) is 0.886. The van der Waals surface area contributed by atoms with Gasteiger partial charge in [-0.05, 0) is 12.0 Å². The Morgan fingerprint density at radius 2 is 1.90 bits per heavy atom. The van der Waals surface area contributed by atoms with E-state index in [1.54, 1.807) is 0 Å². The monoisotopic (exact) mass is 278 g/mol. The van der Waals surface area contributed by atoms with Gasteiger partial charge in [-0.25, -0.2) is 0 Å². The fourth-order valence-corrected chi connectivity index (χ4v) is 1.91. The number of esters is 1. The van der Waals surface area contributed by atoms with E-state index in [1.807, 2.05) is 30.3 Å². The molecular formula is C15H22N2O3. The summed E-state index contributed by atoms with van der Waals surface area (Å²) < 4.78 is 4.71. The van der Waals surface area contributed by atoms with Crippen molar-refractivity contribution in [1.82, 2.24) is 10.6 Å². The molecule has 0 aromatic heterocycles. The van der Waals surface area contributed by atoms with E-state index in [0.29, 0.717) is 19.5 Å². The highest BCUT2D eigenvalue weighted by atomic mass is 16.5. The van der Waals surface area contributed by atoms with Gasteiger partial charge < -0.3 is 15.4 Å². The van der Waals surface area contributed by atoms with Crippen LogP contribution >= 0.6 is 0 Å². The molecule has 1 rings (SSSR count). The number of hydrogen-bond acceptors (Lipinski definition) is 4. The molecule has 5 nitrogen and oxygen atoms in total. The summed E-state index contributed by atoms with van der Waals surface area (Å²) in [4.78, 5) is 22.2. The van der Waals surface area contributed by atoms with Gasteiger partial charge in [0.15, 0.2) is 0 Å². The SMILES string of the molecule is COC(=O)CC(Cc1ccccc1)NCCNC(C)=O. The van der Waals surface area contributed by atoms with Crippen molar-refractivity contribution in [2.45, 2.75) is 25.8 Å². The molecule has 1 aromatic carbocycles. The Bertz CT molecular complexity index is 420. The molecule has 2 N–H and O–H groups in total. The number of nitrogens with one attached hydrogen (secondary N) is 2. The van der Waals surface area contributed by atoms with Crippen molar-refractivity contribution < 1.29 is 14.3 Å². The van der Waals surface area contributed by atoms with Crippen molar-refractivity contribution >= 4 is 11.9 Å². The van der Waals surface area contributed by atoms with E-state index in [-0.39, 0.29) is 17.9 Å². The van der Waals surface area contributed by atoms with E-state index in [1.165, 1.54) is 14.0 Å². The van der Waals surface area contributed by atoms with Gasteiger partial charge in [-0.3, -0.25) is 9.59 Å². The first-order valence-corrected chi connectivity index (χ1v) is 6.70. The second-order valence-electron chi connectivity index (χ2n) is 4.60. The van der Waals surface area contributed by atoms with Crippen molar-refractivity contribution in [3.8, 4) is 0 Å². The molecule has 1 aromatic rings. The molecule has 0 heterocycles. The molecule has 110 valence electrons. The molecule has 1 atom stereocenters. The lowest BCUT2D eigenvalue weighted by Crippen LogP contribution is -2.39. The highest BCUT2D eigenvalue weighted by Crippen LogP contribution is 2.06. The molecule has 0 spiro atoms. The Labute approximate surface area is 119 Å². The van der Waals surface area contributed by atoms with Crippen LogP contribution in [0.4, 0.5) is 0 Å². The second-order valence-corrected chi connectivity index (χ2v) is 4.60. The summed E-state index contributed by atoms with van der Waals surface area (Å²) >= 11 is 0. The molecule has 1 amide bonds. The Morgan fingerprint density at radius 3 is 2.50 bits per heavy atom. The third kappa shape index (κ3) is 6.89. The normalized spacial score (nSPS) is 11.7. The molecule has 0 aliphatic heterocycles. The van der Waals surface area contributed by atoms with E-state index >= 15 is 0 Å². The summed E-state index contributed by atoms with van der Waals surface area (Å²) in [6, 6.07) is 9.96. The van der Waals surface area contributed by atoms with Gasteiger partial charge in [-0.1, -0.05) is 30.3 Å². The van der Waals surface area contributed by atoms with Gasteiger partial charge in [0.1, 0.15) is 0 Å². The van der Waals surface area contributed by atoms with E-state index in [0.717, 1.165) is 12.0 Å². The molecule has 0 fully saturated rings. The number of ether oxygens (including phenoxy) is 1.